The number of ether oxygens (including phenoxy) is 1. The molecule has 1 fully saturated rings. The first-order chi connectivity index (χ1) is 9.13. The van der Waals surface area contributed by atoms with Gasteiger partial charge in [-0.2, -0.15) is 5.10 Å². The van der Waals surface area contributed by atoms with Crippen molar-refractivity contribution in [2.45, 2.75) is 19.8 Å². The second-order valence-corrected chi connectivity index (χ2v) is 5.68. The molecule has 1 aliphatic heterocycles. The summed E-state index contributed by atoms with van der Waals surface area (Å²) in [4.78, 5) is 14.1. The van der Waals surface area contributed by atoms with Crippen LogP contribution in [0.4, 0.5) is 5.69 Å². The lowest BCUT2D eigenvalue weighted by Crippen LogP contribution is -2.38. The Bertz CT molecular complexity index is 489. The Balaban J connectivity index is 2.13. The zero-order valence-electron chi connectivity index (χ0n) is 11.4. The summed E-state index contributed by atoms with van der Waals surface area (Å²) in [7, 11) is 1.66. The van der Waals surface area contributed by atoms with Crippen LogP contribution in [0.5, 0.6) is 0 Å². The Kier molecular flexibility index (Phi) is 4.99. The van der Waals surface area contributed by atoms with E-state index in [1.54, 1.807) is 13.2 Å². The molecule has 19 heavy (non-hydrogen) atoms. The van der Waals surface area contributed by atoms with E-state index in [0.717, 1.165) is 38.4 Å². The fourth-order valence-electron chi connectivity index (χ4n) is 2.43. The summed E-state index contributed by atoms with van der Waals surface area (Å²) in [6.45, 7) is 5.46. The number of halogens is 1. The molecule has 0 saturated carbocycles. The van der Waals surface area contributed by atoms with E-state index in [2.05, 4.69) is 25.9 Å². The molecule has 2 rings (SSSR count). The zero-order valence-corrected chi connectivity index (χ0v) is 13.0. The number of hydrogen-bond donors (Lipinski definition) is 0. The predicted molar refractivity (Wildman–Crippen MR) is 78.6 cm³/mol. The van der Waals surface area contributed by atoms with Crippen LogP contribution in [-0.4, -0.2) is 36.1 Å². The fraction of sp³-hybridized carbons (Fsp3) is 0.692. The highest BCUT2D eigenvalue weighted by Crippen LogP contribution is 2.27. The van der Waals surface area contributed by atoms with Crippen molar-refractivity contribution in [3.8, 4) is 0 Å². The maximum Gasteiger partial charge on any atom is 0.282 e. The molecule has 0 spiro atoms. The number of aromatic nitrogens is 2. The quantitative estimate of drug-likeness (QED) is 0.845. The van der Waals surface area contributed by atoms with Gasteiger partial charge in [-0.25, -0.2) is 4.68 Å². The molecule has 1 aromatic rings. The van der Waals surface area contributed by atoms with Gasteiger partial charge in [0.25, 0.3) is 5.56 Å². The van der Waals surface area contributed by atoms with E-state index in [1.807, 2.05) is 6.92 Å². The summed E-state index contributed by atoms with van der Waals surface area (Å²) in [6.07, 6.45) is 4.07. The zero-order chi connectivity index (χ0) is 13.8. The van der Waals surface area contributed by atoms with Crippen molar-refractivity contribution in [2.24, 2.45) is 13.0 Å². The first-order valence-corrected chi connectivity index (χ1v) is 7.47. The smallest absolute Gasteiger partial charge is 0.282 e. The summed E-state index contributed by atoms with van der Waals surface area (Å²) >= 11 is 3.39. The lowest BCUT2D eigenvalue weighted by molar-refractivity contribution is 0.104. The second-order valence-electron chi connectivity index (χ2n) is 4.89. The van der Waals surface area contributed by atoms with Gasteiger partial charge in [0.2, 0.25) is 0 Å². The SMILES string of the molecule is CCOCC1CCCN(c2cnn(C)c(=O)c2Br)C1. The number of hydrogen-bond acceptors (Lipinski definition) is 4. The van der Waals surface area contributed by atoms with E-state index < -0.39 is 0 Å². The van der Waals surface area contributed by atoms with Crippen molar-refractivity contribution in [1.29, 1.82) is 0 Å². The topological polar surface area (TPSA) is 47.4 Å². The van der Waals surface area contributed by atoms with Crippen molar-refractivity contribution in [1.82, 2.24) is 9.78 Å². The first kappa shape index (κ1) is 14.5. The van der Waals surface area contributed by atoms with Crippen LogP contribution in [0.3, 0.4) is 0 Å². The third-order valence-corrected chi connectivity index (χ3v) is 4.22. The maximum absolute atomic E-state index is 11.9. The van der Waals surface area contributed by atoms with E-state index in [4.69, 9.17) is 4.74 Å². The van der Waals surface area contributed by atoms with E-state index in [9.17, 15) is 4.79 Å². The minimum Gasteiger partial charge on any atom is -0.381 e. The third-order valence-electron chi connectivity index (χ3n) is 3.48. The molecular formula is C13H20BrN3O2. The molecule has 0 aromatic carbocycles. The van der Waals surface area contributed by atoms with Gasteiger partial charge in [-0.05, 0) is 41.6 Å². The Morgan fingerprint density at radius 2 is 2.37 bits per heavy atom. The molecule has 6 heteroatoms. The molecule has 1 unspecified atom stereocenters. The Hall–Kier alpha value is -0.880. The molecule has 0 bridgehead atoms. The van der Waals surface area contributed by atoms with Gasteiger partial charge in [0, 0.05) is 26.7 Å². The highest BCUT2D eigenvalue weighted by Gasteiger charge is 2.23. The van der Waals surface area contributed by atoms with Crippen LogP contribution in [0.25, 0.3) is 0 Å². The Morgan fingerprint density at radius 1 is 1.58 bits per heavy atom. The minimum absolute atomic E-state index is 0.0931. The summed E-state index contributed by atoms with van der Waals surface area (Å²) < 4.78 is 7.45. The second kappa shape index (κ2) is 6.52. The largest absolute Gasteiger partial charge is 0.381 e. The summed E-state index contributed by atoms with van der Waals surface area (Å²) in [5.74, 6) is 0.532. The van der Waals surface area contributed by atoms with Gasteiger partial charge >= 0.3 is 0 Å². The number of aryl methyl sites for hydroxylation is 1. The Morgan fingerprint density at radius 3 is 3.11 bits per heavy atom. The standard InChI is InChI=1S/C13H20BrN3O2/c1-3-19-9-10-5-4-6-17(8-10)11-7-15-16(2)13(18)12(11)14/h7,10H,3-6,8-9H2,1-2H3. The summed E-state index contributed by atoms with van der Waals surface area (Å²) in [5.41, 5.74) is 0.800. The van der Waals surface area contributed by atoms with Crippen molar-refractivity contribution in [3.05, 3.63) is 21.0 Å². The van der Waals surface area contributed by atoms with Crippen LogP contribution >= 0.6 is 15.9 Å². The number of piperidine rings is 1. The molecule has 1 aliphatic rings. The van der Waals surface area contributed by atoms with Gasteiger partial charge in [0.1, 0.15) is 4.47 Å². The van der Waals surface area contributed by atoms with E-state index >= 15 is 0 Å². The van der Waals surface area contributed by atoms with Gasteiger partial charge in [0.15, 0.2) is 0 Å². The number of rotatable bonds is 4. The molecule has 2 heterocycles. The van der Waals surface area contributed by atoms with Gasteiger partial charge < -0.3 is 9.64 Å². The average molecular weight is 330 g/mol. The van der Waals surface area contributed by atoms with Crippen LogP contribution in [0, 0.1) is 5.92 Å². The lowest BCUT2D eigenvalue weighted by Gasteiger charge is -2.34. The molecule has 5 nitrogen and oxygen atoms in total. The molecule has 106 valence electrons. The third kappa shape index (κ3) is 3.36. The van der Waals surface area contributed by atoms with Gasteiger partial charge in [-0.15, -0.1) is 0 Å². The van der Waals surface area contributed by atoms with E-state index in [1.165, 1.54) is 11.1 Å². The average Bonchev–Trinajstić information content (AvgIpc) is 2.43. The van der Waals surface area contributed by atoms with Crippen LogP contribution < -0.4 is 10.5 Å². The van der Waals surface area contributed by atoms with Gasteiger partial charge in [0.05, 0.1) is 18.5 Å². The molecule has 1 saturated heterocycles. The van der Waals surface area contributed by atoms with Gasteiger partial charge in [-0.1, -0.05) is 0 Å². The van der Waals surface area contributed by atoms with Crippen LogP contribution in [0.1, 0.15) is 19.8 Å². The first-order valence-electron chi connectivity index (χ1n) is 6.68. The van der Waals surface area contributed by atoms with Crippen molar-refractivity contribution < 1.29 is 4.74 Å². The molecule has 1 aromatic heterocycles. The van der Waals surface area contributed by atoms with Gasteiger partial charge in [-0.3, -0.25) is 4.79 Å². The van der Waals surface area contributed by atoms with Crippen LogP contribution in [-0.2, 0) is 11.8 Å². The molecule has 0 aliphatic carbocycles. The fourth-order valence-corrected chi connectivity index (χ4v) is 3.04. The monoisotopic (exact) mass is 329 g/mol. The molecule has 0 amide bonds. The highest BCUT2D eigenvalue weighted by atomic mass is 79.9. The van der Waals surface area contributed by atoms with Crippen molar-refractivity contribution >= 4 is 21.6 Å². The maximum atomic E-state index is 11.9. The van der Waals surface area contributed by atoms with Crippen LogP contribution in [0.15, 0.2) is 15.5 Å². The molecule has 0 N–H and O–H groups in total. The molecule has 1 atom stereocenters. The molecular weight excluding hydrogens is 310 g/mol. The normalized spacial score (nSPS) is 19.7. The van der Waals surface area contributed by atoms with Crippen LogP contribution in [0.2, 0.25) is 0 Å². The summed E-state index contributed by atoms with van der Waals surface area (Å²) in [5, 5.41) is 4.10. The number of nitrogens with zero attached hydrogens (tertiary/aromatic N) is 3. The minimum atomic E-state index is -0.0931. The number of anilines is 1. The highest BCUT2D eigenvalue weighted by molar-refractivity contribution is 9.10. The lowest BCUT2D eigenvalue weighted by atomic mass is 9.98. The Labute approximate surface area is 121 Å². The molecule has 0 radical (unpaired) electrons. The van der Waals surface area contributed by atoms with E-state index in [0.29, 0.717) is 10.4 Å². The van der Waals surface area contributed by atoms with Crippen molar-refractivity contribution in [3.63, 3.8) is 0 Å². The summed E-state index contributed by atoms with van der Waals surface area (Å²) in [6, 6.07) is 0. The van der Waals surface area contributed by atoms with Crippen molar-refractivity contribution in [2.75, 3.05) is 31.2 Å². The van der Waals surface area contributed by atoms with E-state index in [-0.39, 0.29) is 5.56 Å². The predicted octanol–water partition coefficient (Wildman–Crippen LogP) is 1.80.